The van der Waals surface area contributed by atoms with E-state index in [9.17, 15) is 4.79 Å². The topological polar surface area (TPSA) is 46.3 Å². The van der Waals surface area contributed by atoms with Crippen LogP contribution in [0.1, 0.15) is 37.3 Å². The van der Waals surface area contributed by atoms with Gasteiger partial charge in [-0.3, -0.25) is 4.79 Å². The van der Waals surface area contributed by atoms with Crippen LogP contribution in [0.2, 0.25) is 0 Å². The van der Waals surface area contributed by atoms with E-state index in [0.29, 0.717) is 12.3 Å². The fraction of sp³-hybridized carbons (Fsp3) is 0.588. The van der Waals surface area contributed by atoms with Crippen molar-refractivity contribution in [2.24, 2.45) is 11.7 Å². The molecule has 3 heteroatoms. The first-order valence-corrected chi connectivity index (χ1v) is 7.69. The van der Waals surface area contributed by atoms with Crippen LogP contribution >= 0.6 is 0 Å². The van der Waals surface area contributed by atoms with Crippen molar-refractivity contribution >= 4 is 5.91 Å². The van der Waals surface area contributed by atoms with Crippen LogP contribution in [-0.2, 0) is 11.2 Å². The Balaban J connectivity index is 1.86. The average molecular weight is 274 g/mol. The molecule has 2 rings (SSSR count). The van der Waals surface area contributed by atoms with Gasteiger partial charge in [0, 0.05) is 25.6 Å². The maximum absolute atomic E-state index is 12.3. The highest BCUT2D eigenvalue weighted by atomic mass is 16.2. The summed E-state index contributed by atoms with van der Waals surface area (Å²) in [6, 6.07) is 8.45. The molecule has 1 aliphatic rings. The van der Waals surface area contributed by atoms with Crippen LogP contribution in [-0.4, -0.2) is 29.9 Å². The molecule has 1 aromatic rings. The van der Waals surface area contributed by atoms with Gasteiger partial charge in [-0.05, 0) is 36.8 Å². The predicted molar refractivity (Wildman–Crippen MR) is 82.5 cm³/mol. The summed E-state index contributed by atoms with van der Waals surface area (Å²) in [7, 11) is 0. The highest BCUT2D eigenvalue weighted by Crippen LogP contribution is 2.21. The van der Waals surface area contributed by atoms with Gasteiger partial charge >= 0.3 is 0 Å². The predicted octanol–water partition coefficient (Wildman–Crippen LogP) is 2.51. The van der Waals surface area contributed by atoms with E-state index in [2.05, 4.69) is 26.0 Å². The van der Waals surface area contributed by atoms with Crippen molar-refractivity contribution in [3.8, 4) is 0 Å². The standard InChI is InChI=1S/C17H26N2O/c1-3-6-15-11-19(12-16(15)18)17(20)10-9-14-8-5-4-7-13(14)2/h4-5,7-8,15-16H,3,6,9-12,18H2,1-2H3/t15-,16-/m0/s1. The molecule has 2 N–H and O–H groups in total. The Morgan fingerprint density at radius 1 is 1.35 bits per heavy atom. The van der Waals surface area contributed by atoms with Gasteiger partial charge in [-0.25, -0.2) is 0 Å². The van der Waals surface area contributed by atoms with E-state index in [1.165, 1.54) is 11.1 Å². The SMILES string of the molecule is CCC[C@H]1CN(C(=O)CCc2ccccc2C)C[C@@H]1N. The lowest BCUT2D eigenvalue weighted by atomic mass is 9.99. The molecule has 1 amide bonds. The molecule has 3 nitrogen and oxygen atoms in total. The molecule has 1 aliphatic heterocycles. The molecule has 1 fully saturated rings. The van der Waals surface area contributed by atoms with Crippen molar-refractivity contribution < 1.29 is 4.79 Å². The zero-order chi connectivity index (χ0) is 14.5. The molecule has 2 atom stereocenters. The van der Waals surface area contributed by atoms with Gasteiger partial charge in [0.05, 0.1) is 0 Å². The number of nitrogens with two attached hydrogens (primary N) is 1. The number of amides is 1. The van der Waals surface area contributed by atoms with Gasteiger partial charge in [-0.15, -0.1) is 0 Å². The third-order valence-electron chi connectivity index (χ3n) is 4.37. The first-order valence-electron chi connectivity index (χ1n) is 7.69. The third kappa shape index (κ3) is 3.60. The molecular weight excluding hydrogens is 248 g/mol. The van der Waals surface area contributed by atoms with E-state index in [1.807, 2.05) is 17.0 Å². The van der Waals surface area contributed by atoms with E-state index >= 15 is 0 Å². The molecule has 20 heavy (non-hydrogen) atoms. The second kappa shape index (κ2) is 6.89. The van der Waals surface area contributed by atoms with E-state index in [0.717, 1.165) is 32.4 Å². The highest BCUT2D eigenvalue weighted by molar-refractivity contribution is 5.77. The molecule has 0 bridgehead atoms. The lowest BCUT2D eigenvalue weighted by Crippen LogP contribution is -2.32. The molecule has 0 unspecified atom stereocenters. The molecule has 0 saturated carbocycles. The summed E-state index contributed by atoms with van der Waals surface area (Å²) in [6.45, 7) is 5.86. The van der Waals surface area contributed by atoms with Crippen LogP contribution in [0, 0.1) is 12.8 Å². The molecule has 1 heterocycles. The zero-order valence-electron chi connectivity index (χ0n) is 12.6. The first kappa shape index (κ1) is 15.0. The van der Waals surface area contributed by atoms with Gasteiger partial charge < -0.3 is 10.6 Å². The lowest BCUT2D eigenvalue weighted by molar-refractivity contribution is -0.130. The second-order valence-electron chi connectivity index (χ2n) is 5.94. The Labute approximate surface area is 122 Å². The number of likely N-dealkylation sites (tertiary alicyclic amines) is 1. The normalized spacial score (nSPS) is 22.2. The number of hydrogen-bond acceptors (Lipinski definition) is 2. The van der Waals surface area contributed by atoms with Gasteiger partial charge in [-0.1, -0.05) is 37.6 Å². The van der Waals surface area contributed by atoms with Crippen LogP contribution in [0.5, 0.6) is 0 Å². The molecule has 1 aromatic carbocycles. The summed E-state index contributed by atoms with van der Waals surface area (Å²) in [6.07, 6.45) is 3.69. The van der Waals surface area contributed by atoms with Gasteiger partial charge in [0.15, 0.2) is 0 Å². The minimum absolute atomic E-state index is 0.164. The average Bonchev–Trinajstić information content (AvgIpc) is 2.80. The minimum Gasteiger partial charge on any atom is -0.341 e. The minimum atomic E-state index is 0.164. The summed E-state index contributed by atoms with van der Waals surface area (Å²) in [5.74, 6) is 0.740. The Morgan fingerprint density at radius 2 is 2.10 bits per heavy atom. The van der Waals surface area contributed by atoms with Crippen molar-refractivity contribution in [2.75, 3.05) is 13.1 Å². The Bertz CT molecular complexity index is 458. The van der Waals surface area contributed by atoms with Crippen molar-refractivity contribution in [1.82, 2.24) is 4.90 Å². The molecule has 0 radical (unpaired) electrons. The van der Waals surface area contributed by atoms with E-state index in [1.54, 1.807) is 0 Å². The molecule has 1 saturated heterocycles. The third-order valence-corrected chi connectivity index (χ3v) is 4.37. The fourth-order valence-corrected chi connectivity index (χ4v) is 3.07. The van der Waals surface area contributed by atoms with Crippen LogP contribution in [0.25, 0.3) is 0 Å². The Hall–Kier alpha value is -1.35. The summed E-state index contributed by atoms with van der Waals surface area (Å²) < 4.78 is 0. The molecule has 0 aromatic heterocycles. The summed E-state index contributed by atoms with van der Waals surface area (Å²) in [5, 5.41) is 0. The maximum atomic E-state index is 12.3. The van der Waals surface area contributed by atoms with Crippen LogP contribution in [0.3, 0.4) is 0 Å². The number of hydrogen-bond donors (Lipinski definition) is 1. The number of aryl methyl sites for hydroxylation is 2. The number of nitrogens with zero attached hydrogens (tertiary/aromatic N) is 1. The highest BCUT2D eigenvalue weighted by Gasteiger charge is 2.31. The number of rotatable bonds is 5. The van der Waals surface area contributed by atoms with Crippen LogP contribution in [0.15, 0.2) is 24.3 Å². The Kier molecular flexibility index (Phi) is 5.18. The molecule has 0 aliphatic carbocycles. The molecule has 110 valence electrons. The van der Waals surface area contributed by atoms with E-state index in [4.69, 9.17) is 5.73 Å². The zero-order valence-corrected chi connectivity index (χ0v) is 12.6. The van der Waals surface area contributed by atoms with Gasteiger partial charge in [0.25, 0.3) is 0 Å². The van der Waals surface area contributed by atoms with E-state index < -0.39 is 0 Å². The van der Waals surface area contributed by atoms with Crippen LogP contribution in [0.4, 0.5) is 0 Å². The number of carbonyl (C=O) groups excluding carboxylic acids is 1. The van der Waals surface area contributed by atoms with Crippen molar-refractivity contribution in [3.05, 3.63) is 35.4 Å². The maximum Gasteiger partial charge on any atom is 0.222 e. The first-order chi connectivity index (χ1) is 9.61. The van der Waals surface area contributed by atoms with Crippen LogP contribution < -0.4 is 5.73 Å². The smallest absolute Gasteiger partial charge is 0.222 e. The monoisotopic (exact) mass is 274 g/mol. The van der Waals surface area contributed by atoms with Gasteiger partial charge in [-0.2, -0.15) is 0 Å². The largest absolute Gasteiger partial charge is 0.341 e. The number of benzene rings is 1. The van der Waals surface area contributed by atoms with Gasteiger partial charge in [0.1, 0.15) is 0 Å². The lowest BCUT2D eigenvalue weighted by Gasteiger charge is -2.16. The number of carbonyl (C=O) groups is 1. The molecule has 0 spiro atoms. The fourth-order valence-electron chi connectivity index (χ4n) is 3.07. The Morgan fingerprint density at radius 3 is 2.80 bits per heavy atom. The van der Waals surface area contributed by atoms with E-state index in [-0.39, 0.29) is 11.9 Å². The molecular formula is C17H26N2O. The van der Waals surface area contributed by atoms with Crippen molar-refractivity contribution in [1.29, 1.82) is 0 Å². The second-order valence-corrected chi connectivity index (χ2v) is 5.94. The quantitative estimate of drug-likeness (QED) is 0.896. The summed E-state index contributed by atoms with van der Waals surface area (Å²) in [4.78, 5) is 14.3. The summed E-state index contributed by atoms with van der Waals surface area (Å²) in [5.41, 5.74) is 8.67. The summed E-state index contributed by atoms with van der Waals surface area (Å²) >= 11 is 0. The van der Waals surface area contributed by atoms with Gasteiger partial charge in [0.2, 0.25) is 5.91 Å². The van der Waals surface area contributed by atoms with Crippen molar-refractivity contribution in [2.45, 2.75) is 45.6 Å². The van der Waals surface area contributed by atoms with Crippen molar-refractivity contribution in [3.63, 3.8) is 0 Å².